The van der Waals surface area contributed by atoms with Crippen LogP contribution in [-0.2, 0) is 14.4 Å². The van der Waals surface area contributed by atoms with Gasteiger partial charge in [0.2, 0.25) is 11.8 Å². The Morgan fingerprint density at radius 2 is 1.70 bits per heavy atom. The largest absolute Gasteiger partial charge is 0.354 e. The van der Waals surface area contributed by atoms with Gasteiger partial charge in [-0.05, 0) is 109 Å². The minimum Gasteiger partial charge on any atom is -0.354 e. The molecule has 44 heavy (non-hydrogen) atoms. The molecule has 0 radical (unpaired) electrons. The molecular weight excluding hydrogens is 544 g/mol. The molecule has 5 aliphatic carbocycles. The minimum atomic E-state index is -0.397. The first-order chi connectivity index (χ1) is 20.6. The monoisotopic (exact) mass is 602 g/mol. The minimum absolute atomic E-state index is 0.00745. The molecule has 0 aromatic heterocycles. The number of Topliss-reactive ketones (excluding diaryl/α,β-unsaturated/α-hetero) is 1. The summed E-state index contributed by atoms with van der Waals surface area (Å²) in [6.07, 6.45) is 17.6. The standard InChI is InChI=1S/C39H58N2O3/c1-10-11-12-13-31(42)40-22-23-41-34(44)39-19-16-25(2)27(4)32(39)28-14-15-30-36(7)24-26(3)33(43)35(5,6)29(36)17-18-38(30,9)37(28,8)20-21-39/h1,14,25,27,29-30,32H,3,11-13,15-24H2,2,4-9H3,(H,40,42)(H,41,44)/t25-,27+,29+,30-,32+,36+,37-,38-,39+/m1/s1. The molecule has 4 saturated carbocycles. The number of fused-ring (bicyclic) bond motifs is 7. The Morgan fingerprint density at radius 3 is 2.41 bits per heavy atom. The first kappa shape index (κ1) is 33.0. The molecule has 0 unspecified atom stereocenters. The number of hydrogen-bond acceptors (Lipinski definition) is 3. The lowest BCUT2D eigenvalue weighted by Gasteiger charge is -2.71. The van der Waals surface area contributed by atoms with Gasteiger partial charge < -0.3 is 10.6 Å². The van der Waals surface area contributed by atoms with Crippen LogP contribution in [0.15, 0.2) is 23.8 Å². The highest BCUT2D eigenvalue weighted by Crippen LogP contribution is 2.75. The van der Waals surface area contributed by atoms with E-state index in [1.165, 1.54) is 0 Å². The van der Waals surface area contributed by atoms with Crippen molar-refractivity contribution in [2.45, 2.75) is 119 Å². The number of amides is 2. The number of unbranched alkanes of at least 4 members (excludes halogenated alkanes) is 1. The van der Waals surface area contributed by atoms with E-state index < -0.39 is 5.41 Å². The lowest BCUT2D eigenvalue weighted by Crippen LogP contribution is -2.65. The van der Waals surface area contributed by atoms with Crippen molar-refractivity contribution in [3.05, 3.63) is 23.8 Å². The van der Waals surface area contributed by atoms with Gasteiger partial charge in [0.25, 0.3) is 0 Å². The summed E-state index contributed by atoms with van der Waals surface area (Å²) < 4.78 is 0. The van der Waals surface area contributed by atoms with E-state index >= 15 is 0 Å². The third kappa shape index (κ3) is 4.75. The smallest absolute Gasteiger partial charge is 0.226 e. The third-order valence-corrected chi connectivity index (χ3v) is 14.5. The van der Waals surface area contributed by atoms with E-state index in [9.17, 15) is 14.4 Å². The molecule has 4 fully saturated rings. The summed E-state index contributed by atoms with van der Waals surface area (Å²) in [5.41, 5.74) is 1.75. The molecule has 5 aliphatic rings. The van der Waals surface area contributed by atoms with Crippen molar-refractivity contribution in [3.63, 3.8) is 0 Å². The summed E-state index contributed by atoms with van der Waals surface area (Å²) in [5.74, 6) is 5.08. The van der Waals surface area contributed by atoms with Gasteiger partial charge in [-0.2, -0.15) is 0 Å². The zero-order valence-electron chi connectivity index (χ0n) is 28.7. The number of rotatable bonds is 7. The van der Waals surface area contributed by atoms with Crippen LogP contribution < -0.4 is 10.6 Å². The van der Waals surface area contributed by atoms with Crippen LogP contribution in [0.3, 0.4) is 0 Å². The van der Waals surface area contributed by atoms with Crippen molar-refractivity contribution in [2.75, 3.05) is 13.1 Å². The van der Waals surface area contributed by atoms with Crippen molar-refractivity contribution >= 4 is 17.6 Å². The van der Waals surface area contributed by atoms with Crippen LogP contribution in [0.4, 0.5) is 0 Å². The summed E-state index contributed by atoms with van der Waals surface area (Å²) in [6, 6.07) is 0. The van der Waals surface area contributed by atoms with Crippen molar-refractivity contribution in [1.82, 2.24) is 10.6 Å². The quantitative estimate of drug-likeness (QED) is 0.138. The molecule has 0 heterocycles. The highest BCUT2D eigenvalue weighted by molar-refractivity contribution is 6.00. The fraction of sp³-hybridized carbons (Fsp3) is 0.769. The maximum atomic E-state index is 14.3. The lowest BCUT2D eigenvalue weighted by molar-refractivity contribution is -0.181. The summed E-state index contributed by atoms with van der Waals surface area (Å²) in [6.45, 7) is 21.9. The van der Waals surface area contributed by atoms with Gasteiger partial charge in [-0.3, -0.25) is 14.4 Å². The van der Waals surface area contributed by atoms with Crippen LogP contribution in [0.5, 0.6) is 0 Å². The van der Waals surface area contributed by atoms with Crippen LogP contribution in [0.25, 0.3) is 0 Å². The summed E-state index contributed by atoms with van der Waals surface area (Å²) in [7, 11) is 0. The maximum absolute atomic E-state index is 14.3. The molecule has 0 aromatic carbocycles. The number of allylic oxidation sites excluding steroid dienone is 3. The van der Waals surface area contributed by atoms with Crippen molar-refractivity contribution in [3.8, 4) is 12.3 Å². The maximum Gasteiger partial charge on any atom is 0.226 e. The molecule has 0 aliphatic heterocycles. The van der Waals surface area contributed by atoms with Gasteiger partial charge in [-0.25, -0.2) is 0 Å². The lowest BCUT2D eigenvalue weighted by atomic mass is 9.33. The Bertz CT molecular complexity index is 1290. The van der Waals surface area contributed by atoms with Crippen molar-refractivity contribution < 1.29 is 14.4 Å². The van der Waals surface area contributed by atoms with Gasteiger partial charge in [0.05, 0.1) is 5.41 Å². The number of ketones is 1. The number of terminal acetylenes is 1. The van der Waals surface area contributed by atoms with Gasteiger partial charge in [0.15, 0.2) is 5.78 Å². The SMILES string of the molecule is C#CCCCC(=O)NCCNC(=O)[C@]12CC[C@@H](C)[C@H](C)[C@H]1C1=CC[C@@H]3[C@@]4(C)CC(=C)C(=O)C(C)(C)[C@@H]4CC[C@@]3(C)[C@]1(C)CC2. The van der Waals surface area contributed by atoms with Crippen LogP contribution in [0.2, 0.25) is 0 Å². The highest BCUT2D eigenvalue weighted by atomic mass is 16.2. The fourth-order valence-electron chi connectivity index (χ4n) is 11.8. The van der Waals surface area contributed by atoms with Gasteiger partial charge in [-0.1, -0.05) is 66.7 Å². The molecule has 5 rings (SSSR count). The predicted molar refractivity (Wildman–Crippen MR) is 177 cm³/mol. The van der Waals surface area contributed by atoms with Crippen molar-refractivity contribution in [2.24, 2.45) is 56.7 Å². The number of hydrogen-bond donors (Lipinski definition) is 2. The number of carbonyl (C=O) groups excluding carboxylic acids is 3. The van der Waals surface area contributed by atoms with E-state index in [2.05, 4.69) is 77.7 Å². The van der Waals surface area contributed by atoms with E-state index in [1.807, 2.05) is 0 Å². The van der Waals surface area contributed by atoms with E-state index in [1.54, 1.807) is 5.57 Å². The molecule has 0 saturated heterocycles. The molecule has 0 spiro atoms. The molecule has 2 amide bonds. The van der Waals surface area contributed by atoms with E-state index in [-0.39, 0.29) is 45.2 Å². The average Bonchev–Trinajstić information content (AvgIpc) is 2.96. The second-order valence-electron chi connectivity index (χ2n) is 16.8. The Balaban J connectivity index is 1.42. The summed E-state index contributed by atoms with van der Waals surface area (Å²) in [5, 5.41) is 6.23. The van der Waals surface area contributed by atoms with Crippen LogP contribution in [-0.4, -0.2) is 30.7 Å². The topological polar surface area (TPSA) is 75.3 Å². The Kier molecular flexibility index (Phi) is 8.61. The summed E-state index contributed by atoms with van der Waals surface area (Å²) >= 11 is 0. The second kappa shape index (κ2) is 11.5. The molecule has 2 N–H and O–H groups in total. The molecule has 5 heteroatoms. The second-order valence-corrected chi connectivity index (χ2v) is 16.8. The molecule has 5 nitrogen and oxygen atoms in total. The predicted octanol–water partition coefficient (Wildman–Crippen LogP) is 7.42. The van der Waals surface area contributed by atoms with Crippen LogP contribution in [0, 0.1) is 69.0 Å². The molecule has 242 valence electrons. The molecule has 0 aromatic rings. The average molecular weight is 603 g/mol. The first-order valence-electron chi connectivity index (χ1n) is 17.5. The third-order valence-electron chi connectivity index (χ3n) is 14.5. The highest BCUT2D eigenvalue weighted by Gasteiger charge is 2.69. The number of carbonyl (C=O) groups is 3. The summed E-state index contributed by atoms with van der Waals surface area (Å²) in [4.78, 5) is 39.7. The van der Waals surface area contributed by atoms with Gasteiger partial charge in [-0.15, -0.1) is 12.3 Å². The zero-order chi connectivity index (χ0) is 32.3. The van der Waals surface area contributed by atoms with Crippen LogP contribution >= 0.6 is 0 Å². The first-order valence-corrected chi connectivity index (χ1v) is 17.5. The Labute approximate surface area is 267 Å². The Hall–Kier alpha value is -2.35. The van der Waals surface area contributed by atoms with Crippen LogP contribution in [0.1, 0.15) is 119 Å². The van der Waals surface area contributed by atoms with Gasteiger partial charge >= 0.3 is 0 Å². The van der Waals surface area contributed by atoms with Gasteiger partial charge in [0, 0.05) is 31.3 Å². The van der Waals surface area contributed by atoms with Crippen molar-refractivity contribution in [1.29, 1.82) is 0 Å². The van der Waals surface area contributed by atoms with E-state index in [0.29, 0.717) is 56.0 Å². The molecule has 0 bridgehead atoms. The normalized spacial score (nSPS) is 42.4. The number of nitrogens with one attached hydrogen (secondary N) is 2. The van der Waals surface area contributed by atoms with Gasteiger partial charge in [0.1, 0.15) is 0 Å². The molecular formula is C39H58N2O3. The molecule has 9 atom stereocenters. The fourth-order valence-corrected chi connectivity index (χ4v) is 11.8. The van der Waals surface area contributed by atoms with E-state index in [0.717, 1.165) is 56.9 Å². The Morgan fingerprint density at radius 1 is 1.00 bits per heavy atom. The van der Waals surface area contributed by atoms with E-state index in [4.69, 9.17) is 6.42 Å². The zero-order valence-corrected chi connectivity index (χ0v) is 28.7.